The zero-order valence-corrected chi connectivity index (χ0v) is 18.3. The van der Waals surface area contributed by atoms with E-state index in [0.717, 1.165) is 13.8 Å². The minimum atomic E-state index is -1.22. The van der Waals surface area contributed by atoms with Crippen molar-refractivity contribution in [2.45, 2.75) is 46.0 Å². The third-order valence-corrected chi connectivity index (χ3v) is 9.23. The summed E-state index contributed by atoms with van der Waals surface area (Å²) in [5.41, 5.74) is 1.64. The molecule has 8 heteroatoms. The minimum absolute atomic E-state index is 0.484. The van der Waals surface area contributed by atoms with Gasteiger partial charge in [0.25, 0.3) is 0 Å². The zero-order chi connectivity index (χ0) is 17.8. The molecule has 0 fully saturated rings. The Bertz CT molecular complexity index is 762. The van der Waals surface area contributed by atoms with E-state index in [1.165, 1.54) is 16.2 Å². The van der Waals surface area contributed by atoms with Crippen molar-refractivity contribution in [2.24, 2.45) is 0 Å². The third-order valence-electron chi connectivity index (χ3n) is 3.36. The molecule has 0 aliphatic rings. The van der Waals surface area contributed by atoms with Crippen LogP contribution in [0.5, 0.6) is 0 Å². The van der Waals surface area contributed by atoms with Gasteiger partial charge in [-0.1, -0.05) is 26.6 Å². The van der Waals surface area contributed by atoms with Gasteiger partial charge in [0.15, 0.2) is 11.4 Å². The van der Waals surface area contributed by atoms with Crippen molar-refractivity contribution in [1.82, 2.24) is 9.97 Å². The fourth-order valence-electron chi connectivity index (χ4n) is 1.68. The van der Waals surface area contributed by atoms with E-state index in [1.807, 2.05) is 19.9 Å². The Morgan fingerprint density at radius 3 is 1.83 bits per heavy atom. The first-order chi connectivity index (χ1) is 10.6. The van der Waals surface area contributed by atoms with Gasteiger partial charge in [0.05, 0.1) is 18.1 Å². The minimum Gasteiger partial charge on any atom is -0.231 e. The molecule has 2 aromatic rings. The standard InChI is InChI=1S/C10H16N2SSi.C5H3BrN2S/c1-7(14(3,4)5)10-9(6-11)12-8(2)13-10;1-3-8-4(2-7)5(6)9-3/h7H,1-5H3;1H3. The highest BCUT2D eigenvalue weighted by molar-refractivity contribution is 9.11. The maximum Gasteiger partial charge on any atom is 0.165 e. The molecular formula is C15H19BrN4S2Si. The number of nitrogens with zero attached hydrogens (tertiary/aromatic N) is 4. The molecule has 0 bridgehead atoms. The highest BCUT2D eigenvalue weighted by Crippen LogP contribution is 2.32. The second-order valence-corrected chi connectivity index (χ2v) is 15.5. The summed E-state index contributed by atoms with van der Waals surface area (Å²) < 4.78 is 0.822. The number of aryl methyl sites for hydroxylation is 2. The normalized spacial score (nSPS) is 11.9. The van der Waals surface area contributed by atoms with E-state index in [0.29, 0.717) is 16.9 Å². The summed E-state index contributed by atoms with van der Waals surface area (Å²) in [5.74, 6) is 0. The van der Waals surface area contributed by atoms with Crippen molar-refractivity contribution in [1.29, 1.82) is 10.5 Å². The maximum absolute atomic E-state index is 8.96. The molecule has 0 amide bonds. The summed E-state index contributed by atoms with van der Waals surface area (Å²) in [6.45, 7) is 13.0. The molecule has 2 aromatic heterocycles. The molecule has 2 heterocycles. The van der Waals surface area contributed by atoms with Crippen LogP contribution in [0.3, 0.4) is 0 Å². The van der Waals surface area contributed by atoms with E-state index in [4.69, 9.17) is 10.5 Å². The number of halogens is 1. The van der Waals surface area contributed by atoms with E-state index in [1.54, 1.807) is 11.3 Å². The van der Waals surface area contributed by atoms with E-state index >= 15 is 0 Å². The topological polar surface area (TPSA) is 73.4 Å². The Morgan fingerprint density at radius 2 is 1.48 bits per heavy atom. The average molecular weight is 427 g/mol. The first-order valence-electron chi connectivity index (χ1n) is 7.00. The number of thiazole rings is 2. The maximum atomic E-state index is 8.96. The number of aromatic nitrogens is 2. The quantitative estimate of drug-likeness (QED) is 0.603. The van der Waals surface area contributed by atoms with Crippen LogP contribution < -0.4 is 0 Å². The van der Waals surface area contributed by atoms with Crippen molar-refractivity contribution >= 4 is 46.7 Å². The van der Waals surface area contributed by atoms with Crippen LogP contribution in [0.4, 0.5) is 0 Å². The summed E-state index contributed by atoms with van der Waals surface area (Å²) in [7, 11) is -1.22. The lowest BCUT2D eigenvalue weighted by Gasteiger charge is -2.23. The Kier molecular flexibility index (Phi) is 7.09. The van der Waals surface area contributed by atoms with E-state index in [2.05, 4.69) is 58.5 Å². The van der Waals surface area contributed by atoms with Crippen LogP contribution in [-0.2, 0) is 0 Å². The molecule has 0 spiro atoms. The van der Waals surface area contributed by atoms with Crippen molar-refractivity contribution in [3.8, 4) is 12.1 Å². The number of hydrogen-bond acceptors (Lipinski definition) is 6. The summed E-state index contributed by atoms with van der Waals surface area (Å²) in [6, 6.07) is 4.16. The van der Waals surface area contributed by atoms with Gasteiger partial charge in [0, 0.05) is 4.88 Å². The molecule has 1 unspecified atom stereocenters. The van der Waals surface area contributed by atoms with Gasteiger partial charge in [-0.15, -0.1) is 22.7 Å². The average Bonchev–Trinajstić information content (AvgIpc) is 2.99. The lowest BCUT2D eigenvalue weighted by molar-refractivity contribution is 1.03. The highest BCUT2D eigenvalue weighted by Gasteiger charge is 2.28. The summed E-state index contributed by atoms with van der Waals surface area (Å²) >= 11 is 6.36. The summed E-state index contributed by atoms with van der Waals surface area (Å²) in [6.07, 6.45) is 0. The molecule has 0 N–H and O–H groups in total. The molecule has 0 saturated carbocycles. The van der Waals surface area contributed by atoms with Gasteiger partial charge in [0.1, 0.15) is 15.9 Å². The summed E-state index contributed by atoms with van der Waals surface area (Å²) in [5, 5.41) is 19.3. The van der Waals surface area contributed by atoms with Crippen molar-refractivity contribution < 1.29 is 0 Å². The molecule has 0 aliphatic carbocycles. The molecular weight excluding hydrogens is 408 g/mol. The van der Waals surface area contributed by atoms with Crippen molar-refractivity contribution in [3.05, 3.63) is 30.1 Å². The van der Waals surface area contributed by atoms with Crippen LogP contribution in [0.15, 0.2) is 3.79 Å². The highest BCUT2D eigenvalue weighted by atomic mass is 79.9. The molecule has 1 atom stereocenters. The smallest absolute Gasteiger partial charge is 0.165 e. The van der Waals surface area contributed by atoms with E-state index in [-0.39, 0.29) is 0 Å². The van der Waals surface area contributed by atoms with Crippen LogP contribution in [0, 0.1) is 36.5 Å². The molecule has 23 heavy (non-hydrogen) atoms. The lowest BCUT2D eigenvalue weighted by atomic mass is 10.3. The van der Waals surface area contributed by atoms with Gasteiger partial charge < -0.3 is 0 Å². The van der Waals surface area contributed by atoms with E-state index in [9.17, 15) is 0 Å². The van der Waals surface area contributed by atoms with Gasteiger partial charge in [-0.2, -0.15) is 10.5 Å². The molecule has 2 rings (SSSR count). The monoisotopic (exact) mass is 426 g/mol. The second-order valence-electron chi connectivity index (χ2n) is 6.11. The molecule has 4 nitrogen and oxygen atoms in total. The fraction of sp³-hybridized carbons (Fsp3) is 0.467. The Morgan fingerprint density at radius 1 is 1.00 bits per heavy atom. The second kappa shape index (κ2) is 8.16. The number of rotatable bonds is 2. The van der Waals surface area contributed by atoms with E-state index < -0.39 is 8.07 Å². The van der Waals surface area contributed by atoms with Gasteiger partial charge in [-0.3, -0.25) is 0 Å². The lowest BCUT2D eigenvalue weighted by Crippen LogP contribution is -2.28. The van der Waals surface area contributed by atoms with Crippen LogP contribution >= 0.6 is 38.6 Å². The van der Waals surface area contributed by atoms with Gasteiger partial charge in [0.2, 0.25) is 0 Å². The Balaban J connectivity index is 0.000000253. The molecule has 0 radical (unpaired) electrons. The first-order valence-corrected chi connectivity index (χ1v) is 13.0. The Labute approximate surface area is 155 Å². The predicted octanol–water partition coefficient (Wildman–Crippen LogP) is 5.39. The van der Waals surface area contributed by atoms with Gasteiger partial charge in [-0.05, 0) is 35.3 Å². The van der Waals surface area contributed by atoms with Crippen LogP contribution in [0.1, 0.15) is 38.7 Å². The van der Waals surface area contributed by atoms with Crippen LogP contribution in [0.25, 0.3) is 0 Å². The largest absolute Gasteiger partial charge is 0.231 e. The number of nitriles is 2. The van der Waals surface area contributed by atoms with Crippen LogP contribution in [-0.4, -0.2) is 18.0 Å². The van der Waals surface area contributed by atoms with Crippen molar-refractivity contribution in [3.63, 3.8) is 0 Å². The third kappa shape index (κ3) is 5.50. The molecule has 0 aromatic carbocycles. The van der Waals surface area contributed by atoms with Gasteiger partial charge in [-0.25, -0.2) is 9.97 Å². The predicted molar refractivity (Wildman–Crippen MR) is 103 cm³/mol. The SMILES string of the molecule is Cc1nc(C#N)c(Br)s1.Cc1nc(C#N)c(C(C)[Si](C)(C)C)s1. The molecule has 0 aliphatic heterocycles. The Hall–Kier alpha value is -1.06. The van der Waals surface area contributed by atoms with Crippen LogP contribution in [0.2, 0.25) is 19.6 Å². The van der Waals surface area contributed by atoms with Crippen molar-refractivity contribution in [2.75, 3.05) is 0 Å². The molecule has 122 valence electrons. The first kappa shape index (κ1) is 20.0. The molecule has 0 saturated heterocycles. The van der Waals surface area contributed by atoms with Gasteiger partial charge >= 0.3 is 0 Å². The zero-order valence-electron chi connectivity index (χ0n) is 14.1. The fourth-order valence-corrected chi connectivity index (χ4v) is 6.13. The summed E-state index contributed by atoms with van der Waals surface area (Å²) in [4.78, 5) is 9.37. The number of hydrogen-bond donors (Lipinski definition) is 0.